The number of hydrogen-bond donors (Lipinski definition) is 2. The first kappa shape index (κ1) is 22.4. The summed E-state index contributed by atoms with van der Waals surface area (Å²) in [6.45, 7) is 8.03. The zero-order valence-electron chi connectivity index (χ0n) is 16.3. The van der Waals surface area contributed by atoms with Crippen molar-refractivity contribution in [2.45, 2.75) is 26.2 Å². The predicted octanol–water partition coefficient (Wildman–Crippen LogP) is 2.24. The zero-order chi connectivity index (χ0) is 18.7. The molecule has 148 valence electrons. The topological polar surface area (TPSA) is 64.1 Å². The lowest BCUT2D eigenvalue weighted by molar-refractivity contribution is 0.0702. The molecule has 0 bridgehead atoms. The summed E-state index contributed by atoms with van der Waals surface area (Å²) in [7, 11) is 1.68. The highest BCUT2D eigenvalue weighted by Gasteiger charge is 1.97. The third kappa shape index (κ3) is 12.7. The van der Waals surface area contributed by atoms with Crippen LogP contribution < -0.4 is 10.6 Å². The SMILES string of the molecule is CCNC(=NCCCOCCOC)NCCCOCCc1ccccc1. The summed E-state index contributed by atoms with van der Waals surface area (Å²) in [5.74, 6) is 0.855. The molecule has 0 unspecified atom stereocenters. The quantitative estimate of drug-likeness (QED) is 0.284. The second kappa shape index (κ2) is 16.8. The van der Waals surface area contributed by atoms with Crippen LogP contribution in [0.25, 0.3) is 0 Å². The first-order chi connectivity index (χ1) is 12.9. The number of nitrogens with one attached hydrogen (secondary N) is 2. The Bertz CT molecular complexity index is 455. The summed E-state index contributed by atoms with van der Waals surface area (Å²) in [6, 6.07) is 10.4. The van der Waals surface area contributed by atoms with Crippen LogP contribution in [-0.2, 0) is 20.6 Å². The lowest BCUT2D eigenvalue weighted by Crippen LogP contribution is -2.38. The number of nitrogens with zero attached hydrogens (tertiary/aromatic N) is 1. The Balaban J connectivity index is 2.02. The molecule has 1 aromatic carbocycles. The van der Waals surface area contributed by atoms with Crippen LogP contribution in [0, 0.1) is 0 Å². The van der Waals surface area contributed by atoms with Crippen LogP contribution in [0.1, 0.15) is 25.3 Å². The molecule has 2 N–H and O–H groups in total. The highest BCUT2D eigenvalue weighted by atomic mass is 16.5. The summed E-state index contributed by atoms with van der Waals surface area (Å²) in [5, 5.41) is 6.59. The maximum Gasteiger partial charge on any atom is 0.191 e. The maximum absolute atomic E-state index is 5.70. The summed E-state index contributed by atoms with van der Waals surface area (Å²) in [5.41, 5.74) is 1.32. The number of rotatable bonds is 15. The Hall–Kier alpha value is -1.63. The molecule has 0 radical (unpaired) electrons. The van der Waals surface area contributed by atoms with Crippen molar-refractivity contribution >= 4 is 5.96 Å². The molecule has 0 fully saturated rings. The molecule has 26 heavy (non-hydrogen) atoms. The lowest BCUT2D eigenvalue weighted by atomic mass is 10.2. The molecular formula is C20H35N3O3. The van der Waals surface area contributed by atoms with Crippen molar-refractivity contribution in [3.05, 3.63) is 35.9 Å². The summed E-state index contributed by atoms with van der Waals surface area (Å²) in [6.07, 6.45) is 2.83. The van der Waals surface area contributed by atoms with Gasteiger partial charge in [0.05, 0.1) is 19.8 Å². The second-order valence-electron chi connectivity index (χ2n) is 5.85. The van der Waals surface area contributed by atoms with Crippen LogP contribution in [0.2, 0.25) is 0 Å². The molecule has 6 heteroatoms. The van der Waals surface area contributed by atoms with Gasteiger partial charge in [0.25, 0.3) is 0 Å². The van der Waals surface area contributed by atoms with Gasteiger partial charge in [-0.25, -0.2) is 0 Å². The van der Waals surface area contributed by atoms with Gasteiger partial charge in [-0.3, -0.25) is 4.99 Å². The molecule has 0 saturated heterocycles. The fourth-order valence-electron chi connectivity index (χ4n) is 2.26. The smallest absolute Gasteiger partial charge is 0.191 e. The van der Waals surface area contributed by atoms with Gasteiger partial charge >= 0.3 is 0 Å². The first-order valence-electron chi connectivity index (χ1n) is 9.57. The van der Waals surface area contributed by atoms with Crippen LogP contribution >= 0.6 is 0 Å². The Morgan fingerprint density at radius 2 is 1.69 bits per heavy atom. The monoisotopic (exact) mass is 365 g/mol. The molecule has 0 aromatic heterocycles. The molecule has 6 nitrogen and oxygen atoms in total. The average Bonchev–Trinajstić information content (AvgIpc) is 2.67. The van der Waals surface area contributed by atoms with Crippen LogP contribution in [0.3, 0.4) is 0 Å². The van der Waals surface area contributed by atoms with E-state index in [1.165, 1.54) is 5.56 Å². The van der Waals surface area contributed by atoms with Crippen molar-refractivity contribution in [2.24, 2.45) is 4.99 Å². The Kier molecular flexibility index (Phi) is 14.5. The highest BCUT2D eigenvalue weighted by Crippen LogP contribution is 1.99. The molecule has 0 saturated carbocycles. The predicted molar refractivity (Wildman–Crippen MR) is 107 cm³/mol. The van der Waals surface area contributed by atoms with E-state index in [9.17, 15) is 0 Å². The van der Waals surface area contributed by atoms with Gasteiger partial charge in [-0.05, 0) is 31.7 Å². The van der Waals surface area contributed by atoms with Crippen molar-refractivity contribution in [2.75, 3.05) is 59.8 Å². The molecule has 1 aromatic rings. The summed E-state index contributed by atoms with van der Waals surface area (Å²) in [4.78, 5) is 4.55. The number of benzene rings is 1. The molecule has 1 rings (SSSR count). The third-order valence-corrected chi connectivity index (χ3v) is 3.63. The van der Waals surface area contributed by atoms with Gasteiger partial charge < -0.3 is 24.8 Å². The van der Waals surface area contributed by atoms with E-state index in [1.54, 1.807) is 7.11 Å². The van der Waals surface area contributed by atoms with E-state index in [0.29, 0.717) is 19.8 Å². The van der Waals surface area contributed by atoms with Gasteiger partial charge in [-0.15, -0.1) is 0 Å². The minimum Gasteiger partial charge on any atom is -0.382 e. The molecule has 0 atom stereocenters. The van der Waals surface area contributed by atoms with E-state index >= 15 is 0 Å². The maximum atomic E-state index is 5.70. The minimum atomic E-state index is 0.640. The standard InChI is InChI=1S/C20H35N3O3/c1-3-21-20(23-13-8-15-26-18-17-24-2)22-12-7-14-25-16-11-19-9-5-4-6-10-19/h4-6,9-10H,3,7-8,11-18H2,1-2H3,(H2,21,22,23). The Morgan fingerprint density at radius 1 is 0.923 bits per heavy atom. The molecule has 0 aliphatic rings. The average molecular weight is 366 g/mol. The number of hydrogen-bond acceptors (Lipinski definition) is 4. The van der Waals surface area contributed by atoms with E-state index in [0.717, 1.165) is 58.1 Å². The number of aliphatic imine (C=N–C) groups is 1. The molecule has 0 heterocycles. The van der Waals surface area contributed by atoms with Crippen molar-refractivity contribution in [1.82, 2.24) is 10.6 Å². The van der Waals surface area contributed by atoms with Gasteiger partial charge in [0, 0.05) is 40.0 Å². The number of guanidine groups is 1. The van der Waals surface area contributed by atoms with Crippen LogP contribution in [-0.4, -0.2) is 65.7 Å². The van der Waals surface area contributed by atoms with Gasteiger partial charge in [0.15, 0.2) is 5.96 Å². The summed E-state index contributed by atoms with van der Waals surface area (Å²) < 4.78 is 16.1. The van der Waals surface area contributed by atoms with Gasteiger partial charge in [-0.2, -0.15) is 0 Å². The highest BCUT2D eigenvalue weighted by molar-refractivity contribution is 5.79. The van der Waals surface area contributed by atoms with E-state index in [-0.39, 0.29) is 0 Å². The number of ether oxygens (including phenoxy) is 3. The fraction of sp³-hybridized carbons (Fsp3) is 0.650. The molecule has 0 aliphatic carbocycles. The second-order valence-corrected chi connectivity index (χ2v) is 5.85. The fourth-order valence-corrected chi connectivity index (χ4v) is 2.26. The molecule has 0 aliphatic heterocycles. The molecule has 0 amide bonds. The Labute approximate surface area is 158 Å². The Morgan fingerprint density at radius 3 is 2.46 bits per heavy atom. The van der Waals surface area contributed by atoms with Gasteiger partial charge in [-0.1, -0.05) is 30.3 Å². The molecule has 0 spiro atoms. The van der Waals surface area contributed by atoms with E-state index in [2.05, 4.69) is 46.8 Å². The van der Waals surface area contributed by atoms with E-state index < -0.39 is 0 Å². The largest absolute Gasteiger partial charge is 0.382 e. The van der Waals surface area contributed by atoms with Crippen LogP contribution in [0.4, 0.5) is 0 Å². The van der Waals surface area contributed by atoms with Crippen LogP contribution in [0.5, 0.6) is 0 Å². The third-order valence-electron chi connectivity index (χ3n) is 3.63. The summed E-state index contributed by atoms with van der Waals surface area (Å²) >= 11 is 0. The zero-order valence-corrected chi connectivity index (χ0v) is 16.3. The van der Waals surface area contributed by atoms with Crippen molar-refractivity contribution in [1.29, 1.82) is 0 Å². The van der Waals surface area contributed by atoms with Gasteiger partial charge in [0.1, 0.15) is 0 Å². The van der Waals surface area contributed by atoms with Crippen molar-refractivity contribution in [3.8, 4) is 0 Å². The van der Waals surface area contributed by atoms with Crippen molar-refractivity contribution < 1.29 is 14.2 Å². The lowest BCUT2D eigenvalue weighted by Gasteiger charge is -2.11. The van der Waals surface area contributed by atoms with E-state index in [4.69, 9.17) is 14.2 Å². The normalized spacial score (nSPS) is 11.5. The van der Waals surface area contributed by atoms with Crippen LogP contribution in [0.15, 0.2) is 35.3 Å². The van der Waals surface area contributed by atoms with E-state index in [1.807, 2.05) is 6.07 Å². The first-order valence-corrected chi connectivity index (χ1v) is 9.57. The van der Waals surface area contributed by atoms with Crippen molar-refractivity contribution in [3.63, 3.8) is 0 Å². The molecular weight excluding hydrogens is 330 g/mol. The number of methoxy groups -OCH3 is 1. The van der Waals surface area contributed by atoms with Gasteiger partial charge in [0.2, 0.25) is 0 Å². The minimum absolute atomic E-state index is 0.640.